The first-order chi connectivity index (χ1) is 24.3. The predicted octanol–water partition coefficient (Wildman–Crippen LogP) is 13.1. The van der Waals surface area contributed by atoms with Gasteiger partial charge in [0.1, 0.15) is 0 Å². The van der Waals surface area contributed by atoms with Gasteiger partial charge in [-0.2, -0.15) is 0 Å². The van der Waals surface area contributed by atoms with Crippen molar-refractivity contribution in [3.63, 3.8) is 0 Å². The molecule has 0 fully saturated rings. The van der Waals surface area contributed by atoms with Crippen molar-refractivity contribution in [3.05, 3.63) is 192 Å². The Morgan fingerprint density at radius 1 is 0.300 bits per heavy atom. The summed E-state index contributed by atoms with van der Waals surface area (Å²) in [7, 11) is 0. The van der Waals surface area contributed by atoms with Gasteiger partial charge in [0.05, 0.1) is 11.1 Å². The van der Waals surface area contributed by atoms with Crippen LogP contribution in [0, 0.1) is 37.1 Å². The van der Waals surface area contributed by atoms with Crippen LogP contribution >= 0.6 is 0 Å². The lowest BCUT2D eigenvalue weighted by Crippen LogP contribution is -2.10. The van der Waals surface area contributed by atoms with E-state index in [9.17, 15) is 0 Å². The highest BCUT2D eigenvalue weighted by atomic mass is 19.2. The fraction of sp³-hybridized carbons (Fsp3) is 0.0455. The molecule has 0 radical (unpaired) electrons. The quantitative estimate of drug-likeness (QED) is 0.118. The molecule has 7 rings (SSSR count). The molecule has 0 aliphatic rings. The topological polar surface area (TPSA) is 6.48 Å². The Kier molecular flexibility index (Phi) is 8.92. The molecule has 0 heterocycles. The molecule has 0 aliphatic heterocycles. The van der Waals surface area contributed by atoms with E-state index >= 15 is 17.6 Å². The van der Waals surface area contributed by atoms with Gasteiger partial charge in [-0.25, -0.2) is 17.6 Å². The maximum absolute atomic E-state index is 15.8. The summed E-state index contributed by atoms with van der Waals surface area (Å²) in [6.45, 7) is 4.00. The fourth-order valence-corrected chi connectivity index (χ4v) is 6.13. The fourth-order valence-electron chi connectivity index (χ4n) is 6.13. The number of anilines is 6. The van der Waals surface area contributed by atoms with E-state index in [2.05, 4.69) is 0 Å². The first kappa shape index (κ1) is 32.4. The van der Waals surface area contributed by atoms with Gasteiger partial charge in [0.25, 0.3) is 0 Å². The zero-order valence-corrected chi connectivity index (χ0v) is 27.4. The van der Waals surface area contributed by atoms with Crippen molar-refractivity contribution < 1.29 is 17.6 Å². The monoisotopic (exact) mass is 664 g/mol. The van der Waals surface area contributed by atoms with Gasteiger partial charge >= 0.3 is 0 Å². The molecule has 0 saturated carbocycles. The molecule has 0 spiro atoms. The molecule has 0 unspecified atom stereocenters. The predicted molar refractivity (Wildman–Crippen MR) is 196 cm³/mol. The molecular formula is C44H32F4N2. The summed E-state index contributed by atoms with van der Waals surface area (Å²) < 4.78 is 63.1. The first-order valence-corrected chi connectivity index (χ1v) is 16.2. The lowest BCUT2D eigenvalue weighted by atomic mass is 9.96. The van der Waals surface area contributed by atoms with Crippen LogP contribution in [0.3, 0.4) is 0 Å². The summed E-state index contributed by atoms with van der Waals surface area (Å²) in [5.41, 5.74) is 5.62. The number of halogens is 4. The van der Waals surface area contributed by atoms with E-state index in [0.717, 1.165) is 33.9 Å². The lowest BCUT2D eigenvalue weighted by Gasteiger charge is -2.26. The summed E-state index contributed by atoms with van der Waals surface area (Å²) in [5.74, 6) is -5.83. The van der Waals surface area contributed by atoms with Crippen molar-refractivity contribution in [3.8, 4) is 22.3 Å². The third-order valence-electron chi connectivity index (χ3n) is 8.70. The van der Waals surface area contributed by atoms with E-state index in [1.54, 1.807) is 24.3 Å². The van der Waals surface area contributed by atoms with Gasteiger partial charge in [-0.05, 0) is 97.8 Å². The van der Waals surface area contributed by atoms with Crippen molar-refractivity contribution in [2.45, 2.75) is 13.8 Å². The minimum absolute atomic E-state index is 0.0111. The summed E-state index contributed by atoms with van der Waals surface area (Å²) in [6.07, 6.45) is 0. The highest BCUT2D eigenvalue weighted by Gasteiger charge is 2.28. The van der Waals surface area contributed by atoms with Crippen LogP contribution in [-0.2, 0) is 0 Å². The molecule has 2 nitrogen and oxygen atoms in total. The van der Waals surface area contributed by atoms with Crippen molar-refractivity contribution >= 4 is 34.1 Å². The van der Waals surface area contributed by atoms with Crippen LogP contribution in [0.4, 0.5) is 51.7 Å². The van der Waals surface area contributed by atoms with Crippen LogP contribution < -0.4 is 9.80 Å². The molecule has 6 heteroatoms. The minimum atomic E-state index is -1.46. The van der Waals surface area contributed by atoms with E-state index in [1.807, 2.05) is 133 Å². The molecule has 246 valence electrons. The summed E-state index contributed by atoms with van der Waals surface area (Å²) in [6, 6.07) is 47.8. The van der Waals surface area contributed by atoms with Crippen molar-refractivity contribution in [2.24, 2.45) is 0 Å². The molecule has 7 aromatic rings. The Labute approximate surface area is 289 Å². The normalized spacial score (nSPS) is 11.0. The number of para-hydroxylation sites is 2. The zero-order valence-electron chi connectivity index (χ0n) is 27.4. The second-order valence-corrected chi connectivity index (χ2v) is 12.1. The van der Waals surface area contributed by atoms with Crippen LogP contribution in [0.1, 0.15) is 11.1 Å². The van der Waals surface area contributed by atoms with Crippen LogP contribution in [0.25, 0.3) is 22.3 Å². The van der Waals surface area contributed by atoms with Crippen molar-refractivity contribution in [2.75, 3.05) is 9.80 Å². The number of rotatable bonds is 8. The van der Waals surface area contributed by atoms with Crippen LogP contribution in [-0.4, -0.2) is 0 Å². The maximum Gasteiger partial charge on any atom is 0.170 e. The van der Waals surface area contributed by atoms with Crippen LogP contribution in [0.2, 0.25) is 0 Å². The van der Waals surface area contributed by atoms with Crippen LogP contribution in [0.5, 0.6) is 0 Å². The van der Waals surface area contributed by atoms with Gasteiger partial charge < -0.3 is 9.80 Å². The number of nitrogens with zero attached hydrogens (tertiary/aromatic N) is 2. The van der Waals surface area contributed by atoms with E-state index in [0.29, 0.717) is 11.4 Å². The van der Waals surface area contributed by atoms with Gasteiger partial charge in [0, 0.05) is 34.1 Å². The van der Waals surface area contributed by atoms with Crippen molar-refractivity contribution in [1.82, 2.24) is 0 Å². The minimum Gasteiger partial charge on any atom is -0.311 e. The Hall–Kier alpha value is -6.14. The molecule has 0 bridgehead atoms. The highest BCUT2D eigenvalue weighted by Crippen LogP contribution is 2.41. The third-order valence-corrected chi connectivity index (χ3v) is 8.70. The highest BCUT2D eigenvalue weighted by molar-refractivity contribution is 5.81. The second-order valence-electron chi connectivity index (χ2n) is 12.1. The molecule has 0 aromatic heterocycles. The molecule has 0 saturated heterocycles. The first-order valence-electron chi connectivity index (χ1n) is 16.2. The molecule has 0 aliphatic carbocycles. The van der Waals surface area contributed by atoms with E-state index < -0.39 is 34.4 Å². The second kappa shape index (κ2) is 13.8. The van der Waals surface area contributed by atoms with Gasteiger partial charge in [0.2, 0.25) is 0 Å². The van der Waals surface area contributed by atoms with Gasteiger partial charge in [-0.15, -0.1) is 0 Å². The average molecular weight is 665 g/mol. The largest absolute Gasteiger partial charge is 0.311 e. The van der Waals surface area contributed by atoms with E-state index in [-0.39, 0.29) is 11.1 Å². The number of benzene rings is 7. The summed E-state index contributed by atoms with van der Waals surface area (Å²) in [4.78, 5) is 3.98. The SMILES string of the molecule is Cc1ccc(N(c2ccccc2)c2ccc(-c3c(F)c(F)c(-c4ccc(N(c5ccccc5)c5ccc(C)cc5)cc4)c(F)c3F)cc2)cc1. The van der Waals surface area contributed by atoms with Gasteiger partial charge in [0.15, 0.2) is 23.3 Å². The molecular weight excluding hydrogens is 632 g/mol. The van der Waals surface area contributed by atoms with Gasteiger partial charge in [-0.1, -0.05) is 96.1 Å². The van der Waals surface area contributed by atoms with Crippen LogP contribution in [0.15, 0.2) is 158 Å². The molecule has 50 heavy (non-hydrogen) atoms. The Morgan fingerprint density at radius 2 is 0.540 bits per heavy atom. The standard InChI is InChI=1S/C44H32F4N2/c1-29-13-21-35(22-14-29)49(33-9-5-3-6-10-33)37-25-17-31(18-26-37)39-41(45)43(47)40(44(48)42(39)46)32-19-27-38(28-20-32)50(34-11-7-4-8-12-34)36-23-15-30(2)16-24-36/h3-28H,1-2H3. The number of hydrogen-bond acceptors (Lipinski definition) is 2. The smallest absolute Gasteiger partial charge is 0.170 e. The van der Waals surface area contributed by atoms with Crippen molar-refractivity contribution in [1.29, 1.82) is 0 Å². The lowest BCUT2D eigenvalue weighted by molar-refractivity contribution is 0.463. The Balaban J connectivity index is 1.24. The number of hydrogen-bond donors (Lipinski definition) is 0. The summed E-state index contributed by atoms with van der Waals surface area (Å²) >= 11 is 0. The van der Waals surface area contributed by atoms with E-state index in [1.165, 1.54) is 24.3 Å². The maximum atomic E-state index is 15.8. The molecule has 0 atom stereocenters. The van der Waals surface area contributed by atoms with E-state index in [4.69, 9.17) is 0 Å². The average Bonchev–Trinajstić information content (AvgIpc) is 3.15. The molecule has 7 aromatic carbocycles. The summed E-state index contributed by atoms with van der Waals surface area (Å²) in [5, 5.41) is 0. The third kappa shape index (κ3) is 6.24. The Morgan fingerprint density at radius 3 is 0.820 bits per heavy atom. The molecule has 0 N–H and O–H groups in total. The molecule has 0 amide bonds. The number of aryl methyl sites for hydroxylation is 2. The Bertz CT molecular complexity index is 2040. The van der Waals surface area contributed by atoms with Gasteiger partial charge in [-0.3, -0.25) is 0 Å². The zero-order chi connectivity index (χ0) is 34.8.